The number of rotatable bonds is 7. The number of benzene rings is 3. The van der Waals surface area contributed by atoms with E-state index < -0.39 is 11.6 Å². The van der Waals surface area contributed by atoms with Gasteiger partial charge in [0.25, 0.3) is 0 Å². The van der Waals surface area contributed by atoms with Gasteiger partial charge in [-0.25, -0.2) is 9.59 Å². The summed E-state index contributed by atoms with van der Waals surface area (Å²) in [6.45, 7) is 8.00. The highest BCUT2D eigenvalue weighted by Gasteiger charge is 2.39. The van der Waals surface area contributed by atoms with Gasteiger partial charge in [-0.15, -0.1) is 0 Å². The minimum atomic E-state index is -0.593. The zero-order chi connectivity index (χ0) is 30.1. The first-order valence-electron chi connectivity index (χ1n) is 14.3. The number of methoxy groups -OCH3 is 1. The number of esters is 2. The summed E-state index contributed by atoms with van der Waals surface area (Å²) in [7, 11) is 1.35. The van der Waals surface area contributed by atoms with Crippen molar-refractivity contribution in [2.75, 3.05) is 32.5 Å². The van der Waals surface area contributed by atoms with Crippen LogP contribution < -0.4 is 11.1 Å². The third-order valence-electron chi connectivity index (χ3n) is 7.81. The molecule has 7 nitrogen and oxygen atoms in total. The number of nitrogens with two attached hydrogens (primary N) is 1. The Morgan fingerprint density at radius 3 is 1.83 bits per heavy atom. The molecule has 1 atom stereocenters. The van der Waals surface area contributed by atoms with Gasteiger partial charge in [0, 0.05) is 55.5 Å². The minimum Gasteiger partial charge on any atom is -0.466 e. The quantitative estimate of drug-likeness (QED) is 0.275. The van der Waals surface area contributed by atoms with Crippen molar-refractivity contribution in [3.05, 3.63) is 125 Å². The second-order valence-corrected chi connectivity index (χ2v) is 11.1. The van der Waals surface area contributed by atoms with Gasteiger partial charge in [0.05, 0.1) is 18.3 Å². The van der Waals surface area contributed by atoms with Gasteiger partial charge in [0.15, 0.2) is 0 Å². The number of nitrogens with one attached hydrogen (secondary N) is 1. The lowest BCUT2D eigenvalue weighted by Crippen LogP contribution is -2.38. The Balaban J connectivity index is 0.000000507. The maximum absolute atomic E-state index is 13.2. The molecule has 0 amide bonds. The van der Waals surface area contributed by atoms with Crippen molar-refractivity contribution < 1.29 is 19.1 Å². The van der Waals surface area contributed by atoms with Crippen LogP contribution in [0.1, 0.15) is 50.7 Å². The van der Waals surface area contributed by atoms with Crippen molar-refractivity contribution in [1.29, 1.82) is 0 Å². The first-order valence-corrected chi connectivity index (χ1v) is 14.3. The summed E-state index contributed by atoms with van der Waals surface area (Å²) in [5.74, 6) is -0.575. The van der Waals surface area contributed by atoms with E-state index in [2.05, 4.69) is 58.7 Å². The number of carbonyl (C=O) groups excluding carboxylic acids is 2. The first-order chi connectivity index (χ1) is 20.2. The number of anilines is 1. The van der Waals surface area contributed by atoms with Crippen LogP contribution in [0.4, 0.5) is 5.69 Å². The normalized spacial score (nSPS) is 18.7. The zero-order valence-corrected chi connectivity index (χ0v) is 24.9. The summed E-state index contributed by atoms with van der Waals surface area (Å²) in [4.78, 5) is 27.7. The molecule has 0 aromatic heterocycles. The first kappa shape index (κ1) is 30.6. The number of nitrogens with zero attached hydrogens (tertiary/aromatic N) is 1. The highest BCUT2D eigenvalue weighted by molar-refractivity contribution is 5.96. The predicted octanol–water partition coefficient (Wildman–Crippen LogP) is 5.81. The van der Waals surface area contributed by atoms with Gasteiger partial charge < -0.3 is 20.5 Å². The van der Waals surface area contributed by atoms with Crippen LogP contribution in [-0.2, 0) is 19.1 Å². The van der Waals surface area contributed by atoms with Crippen molar-refractivity contribution in [3.8, 4) is 0 Å². The largest absolute Gasteiger partial charge is 0.466 e. The van der Waals surface area contributed by atoms with Gasteiger partial charge in [-0.05, 0) is 44.0 Å². The van der Waals surface area contributed by atoms with Crippen molar-refractivity contribution in [1.82, 2.24) is 10.2 Å². The lowest BCUT2D eigenvalue weighted by molar-refractivity contribution is -0.152. The van der Waals surface area contributed by atoms with Crippen LogP contribution in [0.15, 0.2) is 114 Å². The molecule has 0 spiro atoms. The summed E-state index contributed by atoms with van der Waals surface area (Å²) in [5.41, 5.74) is 10.5. The van der Waals surface area contributed by atoms with Crippen LogP contribution in [-0.4, -0.2) is 49.2 Å². The lowest BCUT2D eigenvalue weighted by Gasteiger charge is -2.29. The van der Waals surface area contributed by atoms with E-state index in [4.69, 9.17) is 15.2 Å². The van der Waals surface area contributed by atoms with Gasteiger partial charge in [0.2, 0.25) is 0 Å². The average Bonchev–Trinajstić information content (AvgIpc) is 3.36. The molecule has 2 aliphatic rings. The van der Waals surface area contributed by atoms with E-state index in [1.807, 2.05) is 63.2 Å². The molecule has 5 rings (SSSR count). The Morgan fingerprint density at radius 2 is 1.36 bits per heavy atom. The molecule has 1 saturated heterocycles. The number of allylic oxidation sites excluding steroid dienone is 2. The Kier molecular flexibility index (Phi) is 10.2. The number of dihydropyridines is 1. The van der Waals surface area contributed by atoms with Crippen LogP contribution in [0.25, 0.3) is 0 Å². The second kappa shape index (κ2) is 14.0. The molecule has 2 aliphatic heterocycles. The monoisotopic (exact) mass is 567 g/mol. The average molecular weight is 568 g/mol. The fourth-order valence-electron chi connectivity index (χ4n) is 5.48. The molecule has 220 valence electrons. The van der Waals surface area contributed by atoms with Crippen molar-refractivity contribution in [2.24, 2.45) is 0 Å². The summed E-state index contributed by atoms with van der Waals surface area (Å²) in [6.07, 6.45) is 0.966. The van der Waals surface area contributed by atoms with Crippen molar-refractivity contribution in [2.45, 2.75) is 45.1 Å². The topological polar surface area (TPSA) is 93.9 Å². The maximum atomic E-state index is 13.2. The van der Waals surface area contributed by atoms with E-state index in [1.165, 1.54) is 18.2 Å². The molecule has 7 heteroatoms. The summed E-state index contributed by atoms with van der Waals surface area (Å²) >= 11 is 0. The van der Waals surface area contributed by atoms with Crippen LogP contribution in [0.5, 0.6) is 0 Å². The summed E-state index contributed by atoms with van der Waals surface area (Å²) in [5, 5.41) is 3.13. The number of nitrogen functional groups attached to an aromatic ring is 1. The molecule has 2 heterocycles. The third-order valence-corrected chi connectivity index (χ3v) is 7.81. The Hall–Kier alpha value is -4.36. The van der Waals surface area contributed by atoms with E-state index in [9.17, 15) is 9.59 Å². The molecule has 1 fully saturated rings. The molecule has 0 bridgehead atoms. The molecule has 42 heavy (non-hydrogen) atoms. The van der Waals surface area contributed by atoms with Gasteiger partial charge in [-0.3, -0.25) is 4.90 Å². The standard InChI is InChI=1S/C29H34N2O4.C6H7N/c1-20-24(27(32)34-4)17-25(21(2)30-20)28(33)35-29(3)15-16-31(19-29)18-26(22-11-7-5-8-12-22)23-13-9-6-10-14-23;7-6-4-2-1-3-5-6/h5-14,26,30H,15-19H2,1-4H3;1-5H,7H2. The van der Waals surface area contributed by atoms with E-state index in [0.717, 1.165) is 25.2 Å². The van der Waals surface area contributed by atoms with Crippen LogP contribution in [0.3, 0.4) is 0 Å². The van der Waals surface area contributed by atoms with E-state index in [1.54, 1.807) is 0 Å². The molecule has 3 aromatic carbocycles. The highest BCUT2D eigenvalue weighted by atomic mass is 16.6. The Morgan fingerprint density at radius 1 is 0.857 bits per heavy atom. The molecule has 3 aromatic rings. The second-order valence-electron chi connectivity index (χ2n) is 11.1. The predicted molar refractivity (Wildman–Crippen MR) is 166 cm³/mol. The maximum Gasteiger partial charge on any atom is 0.336 e. The van der Waals surface area contributed by atoms with Crippen molar-refractivity contribution in [3.63, 3.8) is 0 Å². The molecular weight excluding hydrogens is 526 g/mol. The number of hydrogen-bond acceptors (Lipinski definition) is 7. The van der Waals surface area contributed by atoms with Gasteiger partial charge in [-0.1, -0.05) is 78.9 Å². The summed E-state index contributed by atoms with van der Waals surface area (Å²) in [6, 6.07) is 30.6. The fraction of sp³-hybridized carbons (Fsp3) is 0.314. The molecule has 3 N–H and O–H groups in total. The third kappa shape index (κ3) is 7.89. The number of carbonyl (C=O) groups is 2. The van der Waals surface area contributed by atoms with Gasteiger partial charge >= 0.3 is 11.9 Å². The summed E-state index contributed by atoms with van der Waals surface area (Å²) < 4.78 is 11.0. The number of likely N-dealkylation sites (tertiary alicyclic amines) is 1. The fourth-order valence-corrected chi connectivity index (χ4v) is 5.48. The molecule has 0 saturated carbocycles. The smallest absolute Gasteiger partial charge is 0.336 e. The van der Waals surface area contributed by atoms with E-state index >= 15 is 0 Å². The minimum absolute atomic E-state index is 0.208. The van der Waals surface area contributed by atoms with Crippen molar-refractivity contribution >= 4 is 17.6 Å². The Bertz CT molecular complexity index is 1380. The van der Waals surface area contributed by atoms with Crippen LogP contribution in [0, 0.1) is 0 Å². The zero-order valence-electron chi connectivity index (χ0n) is 24.9. The van der Waals surface area contributed by atoms with Crippen LogP contribution >= 0.6 is 0 Å². The molecular formula is C35H41N3O4. The lowest BCUT2D eigenvalue weighted by atomic mass is 9.91. The molecule has 1 unspecified atom stereocenters. The van der Waals surface area contributed by atoms with E-state index in [-0.39, 0.29) is 18.3 Å². The highest BCUT2D eigenvalue weighted by Crippen LogP contribution is 2.33. The molecule has 0 radical (unpaired) electrons. The van der Waals surface area contributed by atoms with E-state index in [0.29, 0.717) is 29.1 Å². The van der Waals surface area contributed by atoms with Gasteiger partial charge in [0.1, 0.15) is 5.60 Å². The number of ether oxygens (including phenoxy) is 2. The van der Waals surface area contributed by atoms with Crippen LogP contribution in [0.2, 0.25) is 0 Å². The molecule has 0 aliphatic carbocycles. The SMILES string of the molecule is COC(=O)C1=C(C)NC(C)=C(C(=O)OC2(C)CCN(CC(c3ccccc3)c3ccccc3)C2)C1.Nc1ccccc1. The Labute approximate surface area is 249 Å². The number of hydrogen-bond donors (Lipinski definition) is 2. The number of para-hydroxylation sites is 1. The van der Waals surface area contributed by atoms with Gasteiger partial charge in [-0.2, -0.15) is 0 Å².